The molecule has 0 saturated heterocycles. The summed E-state index contributed by atoms with van der Waals surface area (Å²) in [6, 6.07) is 6.82. The van der Waals surface area contributed by atoms with Gasteiger partial charge in [-0.2, -0.15) is 0 Å². The lowest BCUT2D eigenvalue weighted by molar-refractivity contribution is 0.190. The van der Waals surface area contributed by atoms with E-state index in [4.69, 9.17) is 5.73 Å². The van der Waals surface area contributed by atoms with Crippen LogP contribution < -0.4 is 5.73 Å². The largest absolute Gasteiger partial charge is 0.342 e. The van der Waals surface area contributed by atoms with Crippen LogP contribution in [0.3, 0.4) is 0 Å². The van der Waals surface area contributed by atoms with Crippen LogP contribution in [0.1, 0.15) is 25.2 Å². The molecular formula is C15H24N4. The van der Waals surface area contributed by atoms with Gasteiger partial charge in [0.1, 0.15) is 5.82 Å². The van der Waals surface area contributed by atoms with E-state index in [0.29, 0.717) is 18.5 Å². The van der Waals surface area contributed by atoms with E-state index < -0.39 is 0 Å². The van der Waals surface area contributed by atoms with Crippen molar-refractivity contribution in [1.29, 1.82) is 0 Å². The van der Waals surface area contributed by atoms with Gasteiger partial charge in [0.2, 0.25) is 0 Å². The highest BCUT2D eigenvalue weighted by Gasteiger charge is 2.17. The number of aromatic amines is 1. The van der Waals surface area contributed by atoms with Gasteiger partial charge in [0.25, 0.3) is 0 Å². The Bertz CT molecular complexity index is 544. The van der Waals surface area contributed by atoms with E-state index in [1.54, 1.807) is 0 Å². The zero-order valence-corrected chi connectivity index (χ0v) is 12.3. The molecule has 0 spiro atoms. The van der Waals surface area contributed by atoms with Gasteiger partial charge in [0.15, 0.2) is 0 Å². The zero-order chi connectivity index (χ0) is 14.0. The van der Waals surface area contributed by atoms with Gasteiger partial charge < -0.3 is 10.7 Å². The first-order valence-corrected chi connectivity index (χ1v) is 6.86. The van der Waals surface area contributed by atoms with Crippen molar-refractivity contribution in [3.05, 3.63) is 29.6 Å². The van der Waals surface area contributed by atoms with Crippen LogP contribution >= 0.6 is 0 Å². The van der Waals surface area contributed by atoms with Crippen molar-refractivity contribution in [1.82, 2.24) is 14.9 Å². The fourth-order valence-corrected chi connectivity index (χ4v) is 2.65. The molecule has 1 aromatic heterocycles. The number of likely N-dealkylation sites (N-methyl/N-ethyl adjacent to an activating group) is 1. The molecular weight excluding hydrogens is 236 g/mol. The van der Waals surface area contributed by atoms with Gasteiger partial charge in [-0.05, 0) is 37.6 Å². The van der Waals surface area contributed by atoms with Crippen molar-refractivity contribution in [3.8, 4) is 0 Å². The first-order chi connectivity index (χ1) is 9.01. The van der Waals surface area contributed by atoms with Gasteiger partial charge in [0.05, 0.1) is 11.0 Å². The van der Waals surface area contributed by atoms with Gasteiger partial charge in [-0.25, -0.2) is 4.98 Å². The van der Waals surface area contributed by atoms with Gasteiger partial charge in [0, 0.05) is 19.1 Å². The normalized spacial score (nSPS) is 13.6. The maximum atomic E-state index is 5.86. The summed E-state index contributed by atoms with van der Waals surface area (Å²) in [6.45, 7) is 8.02. The number of nitrogens with zero attached hydrogens (tertiary/aromatic N) is 2. The monoisotopic (exact) mass is 260 g/mol. The smallest absolute Gasteiger partial charge is 0.104 e. The number of H-pyrrole nitrogens is 1. The van der Waals surface area contributed by atoms with Gasteiger partial charge in [-0.15, -0.1) is 0 Å². The number of nitrogens with one attached hydrogen (secondary N) is 1. The van der Waals surface area contributed by atoms with Crippen molar-refractivity contribution < 1.29 is 0 Å². The number of rotatable bonds is 5. The summed E-state index contributed by atoms with van der Waals surface area (Å²) in [6.07, 6.45) is 0. The Kier molecular flexibility index (Phi) is 4.22. The molecule has 0 aliphatic carbocycles. The quantitative estimate of drug-likeness (QED) is 0.867. The third-order valence-corrected chi connectivity index (χ3v) is 3.67. The lowest BCUT2D eigenvalue weighted by Crippen LogP contribution is -2.41. The van der Waals surface area contributed by atoms with Crippen LogP contribution in [-0.4, -0.2) is 34.5 Å². The number of aryl methyl sites for hydroxylation is 1. The summed E-state index contributed by atoms with van der Waals surface area (Å²) >= 11 is 0. The number of hydrogen-bond donors (Lipinski definition) is 2. The predicted octanol–water partition coefficient (Wildman–Crippen LogP) is 2.29. The van der Waals surface area contributed by atoms with Crippen molar-refractivity contribution >= 4 is 11.0 Å². The van der Waals surface area contributed by atoms with Crippen LogP contribution in [0, 0.1) is 12.8 Å². The van der Waals surface area contributed by atoms with Crippen LogP contribution in [0.4, 0.5) is 0 Å². The minimum atomic E-state index is 0.416. The molecule has 4 nitrogen and oxygen atoms in total. The molecule has 0 amide bonds. The first kappa shape index (κ1) is 14.0. The molecule has 2 aromatic rings. The highest BCUT2D eigenvalue weighted by molar-refractivity contribution is 5.75. The second-order valence-corrected chi connectivity index (χ2v) is 5.64. The van der Waals surface area contributed by atoms with Crippen molar-refractivity contribution in [3.63, 3.8) is 0 Å². The lowest BCUT2D eigenvalue weighted by Gasteiger charge is -2.30. The third-order valence-electron chi connectivity index (χ3n) is 3.67. The summed E-state index contributed by atoms with van der Waals surface area (Å²) in [5, 5.41) is 0. The van der Waals surface area contributed by atoms with E-state index >= 15 is 0 Å². The molecule has 1 aromatic carbocycles. The van der Waals surface area contributed by atoms with Crippen LogP contribution in [0.25, 0.3) is 11.0 Å². The molecule has 0 saturated carbocycles. The van der Waals surface area contributed by atoms with Crippen molar-refractivity contribution in [2.75, 3.05) is 13.6 Å². The molecule has 1 heterocycles. The Morgan fingerprint density at radius 1 is 1.37 bits per heavy atom. The molecule has 1 unspecified atom stereocenters. The Morgan fingerprint density at radius 2 is 2.11 bits per heavy atom. The Hall–Kier alpha value is -1.39. The van der Waals surface area contributed by atoms with Crippen LogP contribution in [-0.2, 0) is 6.54 Å². The van der Waals surface area contributed by atoms with E-state index in [1.807, 2.05) is 6.92 Å². The first-order valence-electron chi connectivity index (χ1n) is 6.86. The summed E-state index contributed by atoms with van der Waals surface area (Å²) in [5.74, 6) is 1.52. The van der Waals surface area contributed by atoms with E-state index in [2.05, 4.69) is 54.0 Å². The van der Waals surface area contributed by atoms with Crippen LogP contribution in [0.15, 0.2) is 18.2 Å². The van der Waals surface area contributed by atoms with E-state index in [0.717, 1.165) is 23.4 Å². The molecule has 3 N–H and O–H groups in total. The minimum absolute atomic E-state index is 0.416. The topological polar surface area (TPSA) is 57.9 Å². The van der Waals surface area contributed by atoms with Crippen molar-refractivity contribution in [2.45, 2.75) is 33.4 Å². The zero-order valence-electron chi connectivity index (χ0n) is 12.3. The van der Waals surface area contributed by atoms with Crippen LogP contribution in [0.5, 0.6) is 0 Å². The third kappa shape index (κ3) is 3.14. The van der Waals surface area contributed by atoms with Gasteiger partial charge in [-0.3, -0.25) is 4.90 Å². The van der Waals surface area contributed by atoms with Gasteiger partial charge >= 0.3 is 0 Å². The van der Waals surface area contributed by atoms with E-state index in [1.165, 1.54) is 5.56 Å². The maximum absolute atomic E-state index is 5.86. The Morgan fingerprint density at radius 3 is 2.74 bits per heavy atom. The van der Waals surface area contributed by atoms with Crippen LogP contribution in [0.2, 0.25) is 0 Å². The maximum Gasteiger partial charge on any atom is 0.104 e. The van der Waals surface area contributed by atoms with E-state index in [9.17, 15) is 0 Å². The fourth-order valence-electron chi connectivity index (χ4n) is 2.65. The minimum Gasteiger partial charge on any atom is -0.342 e. The average Bonchev–Trinajstić information content (AvgIpc) is 2.68. The second kappa shape index (κ2) is 5.72. The molecule has 0 aliphatic rings. The Balaban J connectivity index is 2.16. The molecule has 0 aliphatic heterocycles. The number of fused-ring (bicyclic) bond motifs is 1. The molecule has 1 atom stereocenters. The van der Waals surface area contributed by atoms with Gasteiger partial charge in [-0.1, -0.05) is 19.9 Å². The highest BCUT2D eigenvalue weighted by atomic mass is 15.1. The van der Waals surface area contributed by atoms with Crippen molar-refractivity contribution in [2.24, 2.45) is 11.7 Å². The van der Waals surface area contributed by atoms with E-state index in [-0.39, 0.29) is 0 Å². The second-order valence-electron chi connectivity index (χ2n) is 5.64. The highest BCUT2D eigenvalue weighted by Crippen LogP contribution is 2.17. The summed E-state index contributed by atoms with van der Waals surface area (Å²) in [4.78, 5) is 10.0. The molecule has 4 heteroatoms. The summed E-state index contributed by atoms with van der Waals surface area (Å²) in [7, 11) is 2.14. The molecule has 0 bridgehead atoms. The lowest BCUT2D eigenvalue weighted by atomic mass is 10.0. The average molecular weight is 260 g/mol. The fraction of sp³-hybridized carbons (Fsp3) is 0.533. The predicted molar refractivity (Wildman–Crippen MR) is 80.0 cm³/mol. The molecule has 0 fully saturated rings. The molecule has 104 valence electrons. The number of aromatic nitrogens is 2. The summed E-state index contributed by atoms with van der Waals surface area (Å²) in [5.41, 5.74) is 9.29. The Labute approximate surface area is 115 Å². The molecule has 2 rings (SSSR count). The molecule has 19 heavy (non-hydrogen) atoms. The number of imidazole rings is 1. The number of benzene rings is 1. The number of hydrogen-bond acceptors (Lipinski definition) is 3. The summed E-state index contributed by atoms with van der Waals surface area (Å²) < 4.78 is 0. The standard InChI is InChI=1S/C15H24N4/c1-10(2)15(8-16)19(4)9-12-5-6-13-14(7-12)18-11(3)17-13/h5-7,10,15H,8-9,16H2,1-4H3,(H,17,18). The molecule has 0 radical (unpaired) electrons. The number of nitrogens with two attached hydrogens (primary N) is 1. The SMILES string of the molecule is Cc1nc2ccc(CN(C)C(CN)C(C)C)cc2[nH]1.